The number of hydrogen-bond donors (Lipinski definition) is 2. The second-order valence-electron chi connectivity index (χ2n) is 25.9. The van der Waals surface area contributed by atoms with Gasteiger partial charge in [0, 0.05) is 63.1 Å². The molecule has 5 aromatic rings. The third-order valence-corrected chi connectivity index (χ3v) is 19.9. The van der Waals surface area contributed by atoms with Crippen LogP contribution in [0, 0.1) is 23.7 Å². The summed E-state index contributed by atoms with van der Waals surface area (Å²) < 4.78 is 6.00. The molecule has 2 saturated carbocycles. The van der Waals surface area contributed by atoms with E-state index in [0.717, 1.165) is 137 Å². The number of nitrogens with one attached hydrogen (secondary N) is 2. The average Bonchev–Trinajstić information content (AvgIpc) is 4.58. The lowest BCUT2D eigenvalue weighted by Crippen LogP contribution is -2.22. The molecular formula is C76H103N5O2. The lowest BCUT2D eigenvalue weighted by atomic mass is 9.82. The normalized spacial score (nSPS) is 17.8. The monoisotopic (exact) mass is 1120 g/mol. The number of aromatic nitrogens is 4. The smallest absolute Gasteiger partial charge is 0.338 e. The second kappa shape index (κ2) is 31.4. The summed E-state index contributed by atoms with van der Waals surface area (Å²) in [6.45, 7) is 9.45. The molecule has 4 atom stereocenters. The van der Waals surface area contributed by atoms with E-state index in [1.54, 1.807) is 0 Å². The Morgan fingerprint density at radius 2 is 0.843 bits per heavy atom. The zero-order chi connectivity index (χ0) is 57.0. The predicted molar refractivity (Wildman–Crippen MR) is 353 cm³/mol. The number of anilines is 1. The summed E-state index contributed by atoms with van der Waals surface area (Å²) in [5, 5.41) is 0. The Morgan fingerprint density at radius 1 is 0.458 bits per heavy atom. The first-order valence-electron chi connectivity index (χ1n) is 34.2. The number of unbranched alkanes of at least 4 members (excludes halogenated alkanes) is 24. The second-order valence-corrected chi connectivity index (χ2v) is 25.9. The minimum absolute atomic E-state index is 0.212. The fourth-order valence-electron chi connectivity index (χ4n) is 15.0. The molecule has 1 saturated heterocycles. The van der Waals surface area contributed by atoms with E-state index in [2.05, 4.69) is 121 Å². The van der Waals surface area contributed by atoms with Crippen molar-refractivity contribution < 1.29 is 9.53 Å². The van der Waals surface area contributed by atoms with Crippen molar-refractivity contribution in [1.82, 2.24) is 19.9 Å². The van der Waals surface area contributed by atoms with Gasteiger partial charge in [-0.05, 0) is 165 Å². The van der Waals surface area contributed by atoms with Crippen molar-refractivity contribution in [1.29, 1.82) is 0 Å². The lowest BCUT2D eigenvalue weighted by molar-refractivity contribution is 0.0472. The Balaban J connectivity index is 0.942. The molecule has 0 spiro atoms. The number of aryl methyl sites for hydroxylation is 2. The van der Waals surface area contributed by atoms with Gasteiger partial charge in [-0.2, -0.15) is 0 Å². The van der Waals surface area contributed by atoms with Gasteiger partial charge in [0.05, 0.1) is 28.3 Å². The number of H-pyrrole nitrogens is 2. The lowest BCUT2D eigenvalue weighted by Gasteiger charge is -2.22. The molecule has 10 bridgehead atoms. The van der Waals surface area contributed by atoms with E-state index in [1.165, 1.54) is 196 Å². The number of aromatic amines is 2. The number of rotatable bonds is 35. The zero-order valence-corrected chi connectivity index (χ0v) is 51.7. The van der Waals surface area contributed by atoms with Gasteiger partial charge in [-0.15, -0.1) is 0 Å². The molecule has 0 amide bonds. The highest BCUT2D eigenvalue weighted by molar-refractivity contribution is 5.95. The van der Waals surface area contributed by atoms with Crippen LogP contribution < -0.4 is 4.90 Å². The van der Waals surface area contributed by atoms with Crippen LogP contribution in [0.1, 0.15) is 269 Å². The van der Waals surface area contributed by atoms with Crippen molar-refractivity contribution in [3.63, 3.8) is 0 Å². The number of esters is 1. The summed E-state index contributed by atoms with van der Waals surface area (Å²) in [7, 11) is 0. The largest absolute Gasteiger partial charge is 0.457 e. The van der Waals surface area contributed by atoms with Gasteiger partial charge in [0.25, 0.3) is 0 Å². The van der Waals surface area contributed by atoms with E-state index < -0.39 is 0 Å². The molecule has 3 aliphatic heterocycles. The van der Waals surface area contributed by atoms with E-state index >= 15 is 0 Å². The maximum absolute atomic E-state index is 13.5. The predicted octanol–water partition coefficient (Wildman–Crippen LogP) is 21.4. The fourth-order valence-corrected chi connectivity index (χ4v) is 15.0. The molecule has 7 nitrogen and oxygen atoms in total. The fraction of sp³-hybridized carbons (Fsp3) is 0.566. The van der Waals surface area contributed by atoms with Crippen LogP contribution in [-0.4, -0.2) is 39.0 Å². The molecule has 444 valence electrons. The number of carbonyl (C=O) groups is 1. The minimum Gasteiger partial charge on any atom is -0.457 e. The molecule has 2 N–H and O–H groups in total. The van der Waals surface area contributed by atoms with E-state index in [1.807, 2.05) is 12.1 Å². The first-order valence-corrected chi connectivity index (χ1v) is 34.2. The number of ether oxygens (including phenoxy) is 1. The highest BCUT2D eigenvalue weighted by atomic mass is 16.5. The molecule has 10 rings (SSSR count). The van der Waals surface area contributed by atoms with Crippen LogP contribution in [0.5, 0.6) is 0 Å². The third kappa shape index (κ3) is 16.2. The van der Waals surface area contributed by atoms with Crippen LogP contribution in [0.4, 0.5) is 5.69 Å². The van der Waals surface area contributed by atoms with Gasteiger partial charge in [0.15, 0.2) is 0 Å². The van der Waals surface area contributed by atoms with Gasteiger partial charge in [-0.1, -0.05) is 199 Å². The first kappa shape index (κ1) is 60.4. The number of carbonyl (C=O) groups excluding carboxylic acids is 1. The number of fused-ring (bicyclic) bond motifs is 13. The van der Waals surface area contributed by atoms with Crippen LogP contribution in [0.15, 0.2) is 72.8 Å². The van der Waals surface area contributed by atoms with Gasteiger partial charge in [-0.25, -0.2) is 14.8 Å². The van der Waals surface area contributed by atoms with E-state index in [4.69, 9.17) is 14.7 Å². The molecule has 2 aliphatic carbocycles. The Bertz CT molecular complexity index is 2930. The maximum atomic E-state index is 13.5. The summed E-state index contributed by atoms with van der Waals surface area (Å²) >= 11 is 0. The molecule has 83 heavy (non-hydrogen) atoms. The van der Waals surface area contributed by atoms with Crippen molar-refractivity contribution in [2.75, 3.05) is 18.0 Å². The van der Waals surface area contributed by atoms with Crippen LogP contribution in [0.25, 0.3) is 57.5 Å². The number of nitrogens with zero attached hydrogens (tertiary/aromatic N) is 3. The summed E-state index contributed by atoms with van der Waals surface area (Å²) in [6, 6.07) is 26.0. The topological polar surface area (TPSA) is 86.9 Å². The van der Waals surface area contributed by atoms with Crippen LogP contribution in [-0.2, 0) is 30.6 Å². The first-order chi connectivity index (χ1) is 41.0. The Labute approximate surface area is 500 Å². The van der Waals surface area contributed by atoms with Crippen LogP contribution >= 0.6 is 0 Å². The molecule has 0 radical (unpaired) electrons. The maximum Gasteiger partial charge on any atom is 0.338 e. The Kier molecular flexibility index (Phi) is 22.9. The van der Waals surface area contributed by atoms with Crippen molar-refractivity contribution >= 4 is 58.0 Å². The molecule has 6 heterocycles. The minimum atomic E-state index is -0.281. The molecule has 4 unspecified atom stereocenters. The molecule has 3 aromatic heterocycles. The number of benzene rings is 2. The molecule has 3 fully saturated rings. The summed E-state index contributed by atoms with van der Waals surface area (Å²) in [5.41, 5.74) is 17.6. The van der Waals surface area contributed by atoms with Crippen molar-refractivity contribution in [3.8, 4) is 11.1 Å². The zero-order valence-electron chi connectivity index (χ0n) is 51.7. The quantitative estimate of drug-likeness (QED) is 0.0305. The van der Waals surface area contributed by atoms with Gasteiger partial charge in [-0.3, -0.25) is 0 Å². The standard InChI is InChI=1S/C76H103N5O2/c1-4-7-10-13-16-19-22-25-28-31-62-67-44-46-69(77-67)63(32-29-26-23-20-17-14-11-8-5-2)71-48-50-73(79-71)75(74-51-49-72(80-74)64(70-47-45-68(62)78-70)33-30-27-24-21-18-15-12-9-6-3)57-36-34-56(35-37-57)55-83-76(82)58-40-42-61(43-41-58)81-53-65-59-38-39-60(52-59)66(65)54-81/h34-37,40-51,59-60,65-66,79-80H,4-33,38-39,52-55H2,1-3H3. The average molecular weight is 1120 g/mol. The van der Waals surface area contributed by atoms with Gasteiger partial charge in [0.2, 0.25) is 0 Å². The summed E-state index contributed by atoms with van der Waals surface area (Å²) in [5.74, 6) is 3.29. The van der Waals surface area contributed by atoms with E-state index in [9.17, 15) is 4.79 Å². The molecule has 2 aromatic carbocycles. The van der Waals surface area contributed by atoms with Gasteiger partial charge >= 0.3 is 5.97 Å². The summed E-state index contributed by atoms with van der Waals surface area (Å²) in [6.07, 6.45) is 51.6. The van der Waals surface area contributed by atoms with Crippen molar-refractivity contribution in [2.45, 2.75) is 239 Å². The third-order valence-electron chi connectivity index (χ3n) is 19.9. The molecule has 7 heteroatoms. The Hall–Kier alpha value is -5.69. The SMILES string of the molecule is CCCCCCCCCCCc1c2nc(c(CCCCCCCCCCC)c3ccc([nH]3)c(-c3ccc(COC(=O)c4ccc(N5CC6C7CCC(C7)C6C5)cc4)cc3)c3ccc([nH]3)c(CCCCCCCCCCC)c3nc1C=C3)C=C2. The Morgan fingerprint density at radius 3 is 1.28 bits per heavy atom. The van der Waals surface area contributed by atoms with Crippen molar-refractivity contribution in [2.24, 2.45) is 23.7 Å². The van der Waals surface area contributed by atoms with Crippen LogP contribution in [0.3, 0.4) is 0 Å². The van der Waals surface area contributed by atoms with Crippen LogP contribution in [0.2, 0.25) is 0 Å². The number of hydrogen-bond acceptors (Lipinski definition) is 5. The summed E-state index contributed by atoms with van der Waals surface area (Å²) in [4.78, 5) is 35.3. The van der Waals surface area contributed by atoms with E-state index in [-0.39, 0.29) is 12.6 Å². The van der Waals surface area contributed by atoms with Crippen molar-refractivity contribution in [3.05, 3.63) is 123 Å². The van der Waals surface area contributed by atoms with E-state index in [0.29, 0.717) is 5.56 Å². The van der Waals surface area contributed by atoms with Gasteiger partial charge in [0.1, 0.15) is 6.61 Å². The molecule has 5 aliphatic rings. The van der Waals surface area contributed by atoms with Gasteiger partial charge < -0.3 is 19.6 Å². The molecular weight excluding hydrogens is 1010 g/mol. The highest BCUT2D eigenvalue weighted by Gasteiger charge is 2.51. The highest BCUT2D eigenvalue weighted by Crippen LogP contribution is 2.55.